The maximum Gasteiger partial charge on any atom is 0.265 e. The van der Waals surface area contributed by atoms with Gasteiger partial charge in [0.2, 0.25) is 5.91 Å². The molecule has 2 atom stereocenters. The Morgan fingerprint density at radius 3 is 2.71 bits per heavy atom. The van der Waals surface area contributed by atoms with Crippen LogP contribution in [0.5, 0.6) is 5.75 Å². The Balaban J connectivity index is 2.32. The lowest BCUT2D eigenvalue weighted by atomic mass is 10.1. The number of hydrogen-bond donors (Lipinski definition) is 2. The SMILES string of the molecule is CCC(CO)NC(=O)C(C)N1C(=O)COc2ccc(C(C)=O)cc21. The maximum absolute atomic E-state index is 12.4. The second-order valence-corrected chi connectivity index (χ2v) is 5.76. The van der Waals surface area contributed by atoms with Crippen molar-refractivity contribution in [1.29, 1.82) is 0 Å². The highest BCUT2D eigenvalue weighted by atomic mass is 16.5. The summed E-state index contributed by atoms with van der Waals surface area (Å²) in [4.78, 5) is 37.6. The summed E-state index contributed by atoms with van der Waals surface area (Å²) in [6.07, 6.45) is 0.580. The Kier molecular flexibility index (Phi) is 5.56. The molecule has 1 aromatic rings. The molecule has 1 aliphatic heterocycles. The van der Waals surface area contributed by atoms with Crippen molar-refractivity contribution in [2.75, 3.05) is 18.1 Å². The fraction of sp³-hybridized carbons (Fsp3) is 0.471. The van der Waals surface area contributed by atoms with Crippen molar-refractivity contribution < 1.29 is 24.2 Å². The lowest BCUT2D eigenvalue weighted by Gasteiger charge is -2.34. The van der Waals surface area contributed by atoms with Crippen molar-refractivity contribution >= 4 is 23.3 Å². The quantitative estimate of drug-likeness (QED) is 0.753. The van der Waals surface area contributed by atoms with E-state index in [0.29, 0.717) is 23.4 Å². The number of amides is 2. The smallest absolute Gasteiger partial charge is 0.265 e. The number of fused-ring (bicyclic) bond motifs is 1. The van der Waals surface area contributed by atoms with Crippen LogP contribution in [0.1, 0.15) is 37.6 Å². The van der Waals surface area contributed by atoms with Gasteiger partial charge >= 0.3 is 0 Å². The third kappa shape index (κ3) is 3.56. The highest BCUT2D eigenvalue weighted by Gasteiger charge is 2.34. The summed E-state index contributed by atoms with van der Waals surface area (Å²) in [5.74, 6) is -0.416. The number of hydrogen-bond acceptors (Lipinski definition) is 5. The summed E-state index contributed by atoms with van der Waals surface area (Å²) in [7, 11) is 0. The fourth-order valence-corrected chi connectivity index (χ4v) is 2.53. The van der Waals surface area contributed by atoms with Gasteiger partial charge in [-0.15, -0.1) is 0 Å². The fourth-order valence-electron chi connectivity index (χ4n) is 2.53. The summed E-state index contributed by atoms with van der Waals surface area (Å²) in [6.45, 7) is 4.55. The van der Waals surface area contributed by atoms with Gasteiger partial charge < -0.3 is 15.2 Å². The van der Waals surface area contributed by atoms with Crippen molar-refractivity contribution in [3.05, 3.63) is 23.8 Å². The molecule has 7 nitrogen and oxygen atoms in total. The number of aliphatic hydroxyl groups is 1. The lowest BCUT2D eigenvalue weighted by molar-refractivity contribution is -0.128. The van der Waals surface area contributed by atoms with Crippen molar-refractivity contribution in [2.24, 2.45) is 0 Å². The third-order valence-corrected chi connectivity index (χ3v) is 4.07. The minimum absolute atomic E-state index is 0.140. The molecule has 130 valence electrons. The van der Waals surface area contributed by atoms with E-state index in [2.05, 4.69) is 5.32 Å². The molecule has 2 unspecified atom stereocenters. The molecule has 2 amide bonds. The van der Waals surface area contributed by atoms with Crippen LogP contribution in [0.3, 0.4) is 0 Å². The zero-order chi connectivity index (χ0) is 17.9. The maximum atomic E-state index is 12.4. The van der Waals surface area contributed by atoms with Crippen molar-refractivity contribution in [1.82, 2.24) is 5.32 Å². The predicted molar refractivity (Wildman–Crippen MR) is 88.2 cm³/mol. The van der Waals surface area contributed by atoms with Crippen LogP contribution in [0.15, 0.2) is 18.2 Å². The van der Waals surface area contributed by atoms with Gasteiger partial charge in [0.15, 0.2) is 12.4 Å². The summed E-state index contributed by atoms with van der Waals surface area (Å²) in [6, 6.07) is 3.65. The van der Waals surface area contributed by atoms with Crippen LogP contribution < -0.4 is 15.0 Å². The standard InChI is InChI=1S/C17H22N2O5/c1-4-13(8-20)18-17(23)10(2)19-14-7-12(11(3)21)5-6-15(14)24-9-16(19)22/h5-7,10,13,20H,4,8-9H2,1-3H3,(H,18,23). The van der Waals surface area contributed by atoms with E-state index in [1.165, 1.54) is 11.8 Å². The van der Waals surface area contributed by atoms with Gasteiger partial charge in [0.1, 0.15) is 11.8 Å². The zero-order valence-corrected chi connectivity index (χ0v) is 14.0. The highest BCUT2D eigenvalue weighted by Crippen LogP contribution is 2.34. The molecular formula is C17H22N2O5. The first-order valence-corrected chi connectivity index (χ1v) is 7.90. The monoisotopic (exact) mass is 334 g/mol. The van der Waals surface area contributed by atoms with Crippen molar-refractivity contribution in [2.45, 2.75) is 39.3 Å². The molecule has 24 heavy (non-hydrogen) atoms. The van der Waals surface area contributed by atoms with Crippen molar-refractivity contribution in [3.63, 3.8) is 0 Å². The number of nitrogens with one attached hydrogen (secondary N) is 1. The molecule has 0 fully saturated rings. The number of benzene rings is 1. The zero-order valence-electron chi connectivity index (χ0n) is 14.0. The Labute approximate surface area is 140 Å². The number of aliphatic hydroxyl groups excluding tert-OH is 1. The van der Waals surface area contributed by atoms with Gasteiger partial charge in [-0.1, -0.05) is 6.92 Å². The van der Waals surface area contributed by atoms with Gasteiger partial charge in [-0.05, 0) is 38.5 Å². The molecule has 1 heterocycles. The van der Waals surface area contributed by atoms with E-state index < -0.39 is 6.04 Å². The Bertz CT molecular complexity index is 654. The topological polar surface area (TPSA) is 95.9 Å². The second-order valence-electron chi connectivity index (χ2n) is 5.76. The molecule has 0 bridgehead atoms. The number of rotatable bonds is 6. The van der Waals surface area contributed by atoms with E-state index in [9.17, 15) is 19.5 Å². The van der Waals surface area contributed by atoms with Gasteiger partial charge in [0.05, 0.1) is 18.3 Å². The van der Waals surface area contributed by atoms with Crippen LogP contribution in [-0.2, 0) is 9.59 Å². The molecular weight excluding hydrogens is 312 g/mol. The Morgan fingerprint density at radius 2 is 2.12 bits per heavy atom. The first kappa shape index (κ1) is 17.9. The average Bonchev–Trinajstić information content (AvgIpc) is 2.58. The minimum Gasteiger partial charge on any atom is -0.482 e. The molecule has 0 saturated heterocycles. The molecule has 2 rings (SSSR count). The van der Waals surface area contributed by atoms with Gasteiger partial charge in [-0.2, -0.15) is 0 Å². The normalized spacial score (nSPS) is 16.0. The minimum atomic E-state index is -0.789. The Morgan fingerprint density at radius 1 is 1.42 bits per heavy atom. The molecule has 1 aliphatic rings. The van der Waals surface area contributed by atoms with Crippen LogP contribution >= 0.6 is 0 Å². The number of ketones is 1. The summed E-state index contributed by atoms with van der Waals surface area (Å²) in [5, 5.41) is 11.9. The number of Topliss-reactive ketones (excluding diaryl/α,β-unsaturated/α-hetero) is 1. The number of nitrogens with zero attached hydrogens (tertiary/aromatic N) is 1. The number of carbonyl (C=O) groups excluding carboxylic acids is 3. The van der Waals surface area contributed by atoms with E-state index in [1.807, 2.05) is 6.92 Å². The molecule has 0 aliphatic carbocycles. The predicted octanol–water partition coefficient (Wildman–Crippen LogP) is 0.890. The largest absolute Gasteiger partial charge is 0.482 e. The number of ether oxygens (including phenoxy) is 1. The van der Waals surface area contributed by atoms with E-state index in [4.69, 9.17) is 4.74 Å². The van der Waals surface area contributed by atoms with E-state index >= 15 is 0 Å². The summed E-state index contributed by atoms with van der Waals surface area (Å²) in [5.41, 5.74) is 0.838. The summed E-state index contributed by atoms with van der Waals surface area (Å²) < 4.78 is 5.38. The molecule has 1 aromatic carbocycles. The molecule has 0 spiro atoms. The van der Waals surface area contributed by atoms with Crippen molar-refractivity contribution in [3.8, 4) is 5.75 Å². The summed E-state index contributed by atoms with van der Waals surface area (Å²) >= 11 is 0. The highest BCUT2D eigenvalue weighted by molar-refractivity contribution is 6.05. The van der Waals surface area contributed by atoms with Gasteiger partial charge in [-0.25, -0.2) is 0 Å². The van der Waals surface area contributed by atoms with Crippen LogP contribution in [0.2, 0.25) is 0 Å². The van der Waals surface area contributed by atoms with Gasteiger partial charge in [0.25, 0.3) is 5.91 Å². The lowest BCUT2D eigenvalue weighted by Crippen LogP contribution is -2.53. The Hall–Kier alpha value is -2.41. The van der Waals surface area contributed by atoms with E-state index in [1.54, 1.807) is 25.1 Å². The molecule has 2 N–H and O–H groups in total. The van der Waals surface area contributed by atoms with Gasteiger partial charge in [-0.3, -0.25) is 19.3 Å². The van der Waals surface area contributed by atoms with E-state index in [-0.39, 0.29) is 36.9 Å². The average molecular weight is 334 g/mol. The molecule has 0 radical (unpaired) electrons. The number of anilines is 1. The van der Waals surface area contributed by atoms with Crippen LogP contribution in [0, 0.1) is 0 Å². The van der Waals surface area contributed by atoms with E-state index in [0.717, 1.165) is 0 Å². The number of carbonyl (C=O) groups is 3. The first-order chi connectivity index (χ1) is 11.4. The van der Waals surface area contributed by atoms with Crippen LogP contribution in [0.4, 0.5) is 5.69 Å². The molecule has 0 saturated carbocycles. The van der Waals surface area contributed by atoms with Crippen LogP contribution in [-0.4, -0.2) is 48.0 Å². The van der Waals surface area contributed by atoms with Crippen LogP contribution in [0.25, 0.3) is 0 Å². The first-order valence-electron chi connectivity index (χ1n) is 7.90. The molecule has 0 aromatic heterocycles. The third-order valence-electron chi connectivity index (χ3n) is 4.07. The molecule has 7 heteroatoms. The van der Waals surface area contributed by atoms with Gasteiger partial charge in [0, 0.05) is 5.56 Å². The second kappa shape index (κ2) is 7.44.